The molecule has 0 atom stereocenters. The van der Waals surface area contributed by atoms with Crippen molar-refractivity contribution in [3.63, 3.8) is 0 Å². The minimum absolute atomic E-state index is 0.294. The summed E-state index contributed by atoms with van der Waals surface area (Å²) in [6.45, 7) is 3.45. The molecule has 0 saturated heterocycles. The number of para-hydroxylation sites is 1. The van der Waals surface area contributed by atoms with E-state index in [1.165, 1.54) is 6.21 Å². The fraction of sp³-hybridized carbons (Fsp3) is 0.136. The maximum Gasteiger partial charge on any atom is 0.341 e. The number of hydrogen-bond donors (Lipinski definition) is 2. The number of nitrogens with zero attached hydrogens (tertiary/aromatic N) is 2. The molecular weight excluding hydrogens is 370 g/mol. The number of aromatic nitrogens is 1. The van der Waals surface area contributed by atoms with Gasteiger partial charge in [0.25, 0.3) is 5.91 Å². The topological polar surface area (TPSA) is 92.9 Å². The zero-order valence-electron chi connectivity index (χ0n) is 16.1. The van der Waals surface area contributed by atoms with E-state index in [0.717, 1.165) is 22.6 Å². The van der Waals surface area contributed by atoms with Gasteiger partial charge in [0, 0.05) is 17.1 Å². The molecule has 148 valence electrons. The lowest BCUT2D eigenvalue weighted by Crippen LogP contribution is -2.18. The number of hydrogen-bond acceptors (Lipinski definition) is 4. The summed E-state index contributed by atoms with van der Waals surface area (Å²) < 4.78 is 7.09. The Balaban J connectivity index is 1.66. The summed E-state index contributed by atoms with van der Waals surface area (Å²) in [5, 5.41) is 12.6. The molecule has 1 amide bonds. The van der Waals surface area contributed by atoms with E-state index >= 15 is 0 Å². The Kier molecular flexibility index (Phi) is 6.09. The van der Waals surface area contributed by atoms with Crippen LogP contribution in [-0.2, 0) is 4.79 Å². The Morgan fingerprint density at radius 1 is 1.10 bits per heavy atom. The number of carboxylic acids is 1. The smallest absolute Gasteiger partial charge is 0.341 e. The number of aryl methyl sites for hydroxylation is 1. The lowest BCUT2D eigenvalue weighted by molar-refractivity contribution is -0.139. The lowest BCUT2D eigenvalue weighted by atomic mass is 10.2. The van der Waals surface area contributed by atoms with Crippen LogP contribution >= 0.6 is 0 Å². The van der Waals surface area contributed by atoms with Crippen LogP contribution in [0.3, 0.4) is 0 Å². The third-order valence-corrected chi connectivity index (χ3v) is 4.31. The molecule has 0 aliphatic carbocycles. The third kappa shape index (κ3) is 4.90. The highest BCUT2D eigenvalue weighted by Gasteiger charge is 2.16. The molecule has 0 aliphatic heterocycles. The van der Waals surface area contributed by atoms with Gasteiger partial charge in [-0.05, 0) is 61.9 Å². The summed E-state index contributed by atoms with van der Waals surface area (Å²) in [5.41, 5.74) is 6.63. The summed E-state index contributed by atoms with van der Waals surface area (Å²) in [6.07, 6.45) is 1.51. The quantitative estimate of drug-likeness (QED) is 0.477. The van der Waals surface area contributed by atoms with E-state index in [4.69, 9.17) is 9.84 Å². The Labute approximate surface area is 168 Å². The molecule has 0 unspecified atom stereocenters. The molecule has 2 aromatic carbocycles. The average Bonchev–Trinajstić information content (AvgIpc) is 3.02. The van der Waals surface area contributed by atoms with Gasteiger partial charge in [-0.3, -0.25) is 4.79 Å². The molecule has 7 heteroatoms. The van der Waals surface area contributed by atoms with E-state index in [-0.39, 0.29) is 5.91 Å². The number of benzene rings is 2. The first kappa shape index (κ1) is 19.9. The van der Waals surface area contributed by atoms with E-state index in [9.17, 15) is 9.59 Å². The van der Waals surface area contributed by atoms with E-state index in [1.807, 2.05) is 54.8 Å². The highest BCUT2D eigenvalue weighted by molar-refractivity contribution is 5.96. The van der Waals surface area contributed by atoms with Gasteiger partial charge in [0.1, 0.15) is 5.75 Å². The van der Waals surface area contributed by atoms with Crippen LogP contribution < -0.4 is 10.2 Å². The molecule has 2 N–H and O–H groups in total. The van der Waals surface area contributed by atoms with Gasteiger partial charge in [0.2, 0.25) is 0 Å². The number of carbonyl (C=O) groups is 2. The van der Waals surface area contributed by atoms with Crippen LogP contribution in [0.15, 0.2) is 65.8 Å². The zero-order valence-corrected chi connectivity index (χ0v) is 16.1. The number of ether oxygens (including phenoxy) is 1. The predicted octanol–water partition coefficient (Wildman–Crippen LogP) is 3.32. The van der Waals surface area contributed by atoms with E-state index in [1.54, 1.807) is 24.3 Å². The predicted molar refractivity (Wildman–Crippen MR) is 110 cm³/mol. The Morgan fingerprint density at radius 2 is 1.79 bits per heavy atom. The second kappa shape index (κ2) is 8.88. The van der Waals surface area contributed by atoms with Crippen molar-refractivity contribution in [2.24, 2.45) is 5.10 Å². The summed E-state index contributed by atoms with van der Waals surface area (Å²) in [6, 6.07) is 18.4. The first-order chi connectivity index (χ1) is 14.0. The minimum atomic E-state index is -1.04. The number of amides is 1. The monoisotopic (exact) mass is 391 g/mol. The number of carbonyl (C=O) groups excluding carboxylic acids is 1. The van der Waals surface area contributed by atoms with Gasteiger partial charge in [-0.25, -0.2) is 10.2 Å². The van der Waals surface area contributed by atoms with Crippen LogP contribution in [0.5, 0.6) is 5.75 Å². The summed E-state index contributed by atoms with van der Waals surface area (Å²) >= 11 is 0. The van der Waals surface area contributed by atoms with Crippen molar-refractivity contribution in [1.82, 2.24) is 9.99 Å². The van der Waals surface area contributed by atoms with Gasteiger partial charge in [0.15, 0.2) is 6.61 Å². The van der Waals surface area contributed by atoms with Crippen molar-refractivity contribution < 1.29 is 19.4 Å². The van der Waals surface area contributed by atoms with Crippen molar-refractivity contribution in [3.8, 4) is 11.4 Å². The van der Waals surface area contributed by atoms with Crippen LogP contribution in [0.25, 0.3) is 5.69 Å². The molecule has 0 saturated carbocycles. The van der Waals surface area contributed by atoms with Crippen molar-refractivity contribution in [1.29, 1.82) is 0 Å². The molecule has 0 fully saturated rings. The molecule has 7 nitrogen and oxygen atoms in total. The van der Waals surface area contributed by atoms with Crippen molar-refractivity contribution in [2.45, 2.75) is 13.8 Å². The molecule has 3 aromatic rings. The maximum absolute atomic E-state index is 12.5. The Morgan fingerprint density at radius 3 is 2.45 bits per heavy atom. The summed E-state index contributed by atoms with van der Waals surface area (Å²) in [5.74, 6) is -0.884. The number of aliphatic carboxylic acids is 1. The first-order valence-electron chi connectivity index (χ1n) is 8.98. The molecular formula is C22H21N3O4. The molecule has 0 spiro atoms. The zero-order chi connectivity index (χ0) is 20.8. The largest absolute Gasteiger partial charge is 0.482 e. The van der Waals surface area contributed by atoms with Crippen LogP contribution in [0.4, 0.5) is 0 Å². The van der Waals surface area contributed by atoms with Crippen LogP contribution in [0.1, 0.15) is 27.3 Å². The minimum Gasteiger partial charge on any atom is -0.482 e. The number of rotatable bonds is 7. The SMILES string of the molecule is Cc1cc(C(=O)NN=Cc2ccc(OCC(=O)O)cc2)c(C)n1-c1ccccc1. The standard InChI is InChI=1S/C22H21N3O4/c1-15-12-20(16(2)25(15)18-6-4-3-5-7-18)22(28)24-23-13-17-8-10-19(11-9-17)29-14-21(26)27/h3-13H,14H2,1-2H3,(H,24,28)(H,26,27). The van der Waals surface area contributed by atoms with E-state index < -0.39 is 12.6 Å². The van der Waals surface area contributed by atoms with Crippen molar-refractivity contribution in [2.75, 3.05) is 6.61 Å². The van der Waals surface area contributed by atoms with Gasteiger partial charge in [0.05, 0.1) is 11.8 Å². The van der Waals surface area contributed by atoms with Gasteiger partial charge in [-0.1, -0.05) is 18.2 Å². The molecule has 29 heavy (non-hydrogen) atoms. The number of carboxylic acid groups (broad SMARTS) is 1. The number of nitrogens with one attached hydrogen (secondary N) is 1. The molecule has 1 heterocycles. The lowest BCUT2D eigenvalue weighted by Gasteiger charge is -2.09. The summed E-state index contributed by atoms with van der Waals surface area (Å²) in [4.78, 5) is 23.0. The molecule has 3 rings (SSSR count). The fourth-order valence-electron chi connectivity index (χ4n) is 2.99. The van der Waals surface area contributed by atoms with E-state index in [0.29, 0.717) is 11.3 Å². The fourth-order valence-corrected chi connectivity index (χ4v) is 2.99. The van der Waals surface area contributed by atoms with Crippen LogP contribution in [-0.4, -0.2) is 34.4 Å². The summed E-state index contributed by atoms with van der Waals surface area (Å²) in [7, 11) is 0. The Bertz CT molecular complexity index is 1040. The number of hydrazone groups is 1. The van der Waals surface area contributed by atoms with Gasteiger partial charge in [-0.15, -0.1) is 0 Å². The first-order valence-corrected chi connectivity index (χ1v) is 8.98. The molecule has 0 bridgehead atoms. The highest BCUT2D eigenvalue weighted by atomic mass is 16.5. The maximum atomic E-state index is 12.5. The molecule has 0 radical (unpaired) electrons. The van der Waals surface area contributed by atoms with Crippen LogP contribution in [0.2, 0.25) is 0 Å². The normalized spacial score (nSPS) is 10.8. The Hall–Kier alpha value is -3.87. The van der Waals surface area contributed by atoms with Crippen LogP contribution in [0, 0.1) is 13.8 Å². The second-order valence-electron chi connectivity index (χ2n) is 6.41. The van der Waals surface area contributed by atoms with E-state index in [2.05, 4.69) is 10.5 Å². The van der Waals surface area contributed by atoms with Gasteiger partial charge in [-0.2, -0.15) is 5.10 Å². The van der Waals surface area contributed by atoms with Crippen molar-refractivity contribution >= 4 is 18.1 Å². The molecule has 0 aliphatic rings. The van der Waals surface area contributed by atoms with Gasteiger partial charge < -0.3 is 14.4 Å². The van der Waals surface area contributed by atoms with Gasteiger partial charge >= 0.3 is 5.97 Å². The highest BCUT2D eigenvalue weighted by Crippen LogP contribution is 2.20. The molecule has 1 aromatic heterocycles. The third-order valence-electron chi connectivity index (χ3n) is 4.31. The second-order valence-corrected chi connectivity index (χ2v) is 6.41. The average molecular weight is 391 g/mol. The van der Waals surface area contributed by atoms with Crippen molar-refractivity contribution in [3.05, 3.63) is 83.2 Å².